The molecular weight excluding hydrogens is 336 g/mol. The van der Waals surface area contributed by atoms with Gasteiger partial charge in [-0.1, -0.05) is 13.8 Å². The van der Waals surface area contributed by atoms with Gasteiger partial charge in [-0.3, -0.25) is 4.79 Å². The van der Waals surface area contributed by atoms with Crippen molar-refractivity contribution in [3.63, 3.8) is 0 Å². The fraction of sp³-hybridized carbons (Fsp3) is 0.958. The highest BCUT2D eigenvalue weighted by molar-refractivity contribution is 5.69. The fourth-order valence-electron chi connectivity index (χ4n) is 9.44. The fourth-order valence-corrected chi connectivity index (χ4v) is 9.44. The Labute approximate surface area is 164 Å². The summed E-state index contributed by atoms with van der Waals surface area (Å²) in [4.78, 5) is 12.2. The third-order valence-corrected chi connectivity index (χ3v) is 10.7. The molecule has 5 fully saturated rings. The average Bonchev–Trinajstić information content (AvgIpc) is 3.17. The maximum Gasteiger partial charge on any atom is 0.306 e. The summed E-state index contributed by atoms with van der Waals surface area (Å²) >= 11 is 0. The van der Waals surface area contributed by atoms with Crippen LogP contribution in [0, 0.1) is 45.8 Å². The van der Waals surface area contributed by atoms with Crippen LogP contribution in [-0.4, -0.2) is 25.8 Å². The van der Waals surface area contributed by atoms with Gasteiger partial charge in [0, 0.05) is 18.9 Å². The lowest BCUT2D eigenvalue weighted by molar-refractivity contribution is -0.162. The first-order valence-electron chi connectivity index (χ1n) is 11.6. The van der Waals surface area contributed by atoms with Gasteiger partial charge in [0.25, 0.3) is 0 Å². The highest BCUT2D eigenvalue weighted by atomic mass is 16.5. The summed E-state index contributed by atoms with van der Waals surface area (Å²) in [6.07, 6.45) is 11.9. The van der Waals surface area contributed by atoms with E-state index in [-0.39, 0.29) is 5.97 Å². The molecule has 3 heteroatoms. The quantitative estimate of drug-likeness (QED) is 0.633. The van der Waals surface area contributed by atoms with Crippen molar-refractivity contribution in [1.82, 2.24) is 0 Å². The Balaban J connectivity index is 1.41. The maximum absolute atomic E-state index is 12.2. The summed E-state index contributed by atoms with van der Waals surface area (Å²) < 4.78 is 11.5. The SMILES string of the molecule is CCOC(=O)C[C@H]1CC[C@H]2[C@@H]3C[C@@H](OC)[C@]45C[C@@H]4CC[C@]5(C)[C@H]3CC[C@]12C. The minimum atomic E-state index is 0.0208. The monoisotopic (exact) mass is 374 g/mol. The Morgan fingerprint density at radius 1 is 1.07 bits per heavy atom. The standard InChI is InChI=1S/C24H38O3/c1-5-27-21(25)12-15-6-7-18-17-13-20(26-4)24-14-16(24)8-11-23(24,3)19(17)9-10-22(15,18)2/h15-20H,5-14H2,1-4H3/t15-,16+,17+,18+,19+,20-,22-,23-,24+/m1/s1. The van der Waals surface area contributed by atoms with Crippen molar-refractivity contribution in [1.29, 1.82) is 0 Å². The zero-order valence-corrected chi connectivity index (χ0v) is 17.8. The number of carbonyl (C=O) groups excluding carboxylic acids is 1. The van der Waals surface area contributed by atoms with E-state index in [9.17, 15) is 4.79 Å². The van der Waals surface area contributed by atoms with E-state index in [0.29, 0.717) is 41.3 Å². The first kappa shape index (κ1) is 18.5. The van der Waals surface area contributed by atoms with Gasteiger partial charge in [-0.25, -0.2) is 0 Å². The molecule has 0 aromatic carbocycles. The van der Waals surface area contributed by atoms with E-state index in [4.69, 9.17) is 9.47 Å². The number of esters is 1. The van der Waals surface area contributed by atoms with Gasteiger partial charge in [0.15, 0.2) is 0 Å². The zero-order valence-electron chi connectivity index (χ0n) is 17.8. The van der Waals surface area contributed by atoms with Crippen LogP contribution >= 0.6 is 0 Å². The number of hydrogen-bond donors (Lipinski definition) is 0. The second-order valence-electron chi connectivity index (χ2n) is 11.1. The Morgan fingerprint density at radius 2 is 1.89 bits per heavy atom. The van der Waals surface area contributed by atoms with Crippen LogP contribution in [0.25, 0.3) is 0 Å². The molecule has 0 saturated heterocycles. The summed E-state index contributed by atoms with van der Waals surface area (Å²) in [6.45, 7) is 7.57. The third kappa shape index (κ3) is 2.21. The molecule has 27 heavy (non-hydrogen) atoms. The molecule has 0 unspecified atom stereocenters. The Hall–Kier alpha value is -0.570. The lowest BCUT2D eigenvalue weighted by Crippen LogP contribution is -2.56. The summed E-state index contributed by atoms with van der Waals surface area (Å²) in [7, 11) is 1.97. The molecule has 9 atom stereocenters. The molecule has 0 amide bonds. The topological polar surface area (TPSA) is 35.5 Å². The molecule has 0 bridgehead atoms. The predicted molar refractivity (Wildman–Crippen MR) is 105 cm³/mol. The van der Waals surface area contributed by atoms with Crippen molar-refractivity contribution in [2.75, 3.05) is 13.7 Å². The van der Waals surface area contributed by atoms with Crippen LogP contribution in [0.3, 0.4) is 0 Å². The smallest absolute Gasteiger partial charge is 0.306 e. The van der Waals surface area contributed by atoms with Crippen LogP contribution < -0.4 is 0 Å². The summed E-state index contributed by atoms with van der Waals surface area (Å²) in [5.41, 5.74) is 1.34. The normalized spacial score (nSPS) is 55.3. The Morgan fingerprint density at radius 3 is 2.59 bits per heavy atom. The summed E-state index contributed by atoms with van der Waals surface area (Å²) in [6, 6.07) is 0. The number of ether oxygens (including phenoxy) is 2. The molecule has 0 radical (unpaired) electrons. The summed E-state index contributed by atoms with van der Waals surface area (Å²) in [5.74, 6) is 3.95. The molecule has 152 valence electrons. The van der Waals surface area contributed by atoms with Crippen molar-refractivity contribution in [2.24, 2.45) is 45.8 Å². The van der Waals surface area contributed by atoms with Gasteiger partial charge >= 0.3 is 5.97 Å². The lowest BCUT2D eigenvalue weighted by Gasteiger charge is -2.60. The maximum atomic E-state index is 12.2. The zero-order chi connectivity index (χ0) is 19.0. The van der Waals surface area contributed by atoms with Gasteiger partial charge in [-0.15, -0.1) is 0 Å². The van der Waals surface area contributed by atoms with Crippen LogP contribution in [-0.2, 0) is 14.3 Å². The molecule has 0 heterocycles. The van der Waals surface area contributed by atoms with Crippen LogP contribution in [0.1, 0.15) is 78.6 Å². The van der Waals surface area contributed by atoms with Gasteiger partial charge in [-0.05, 0) is 98.7 Å². The van der Waals surface area contributed by atoms with Crippen molar-refractivity contribution in [2.45, 2.75) is 84.7 Å². The van der Waals surface area contributed by atoms with E-state index in [0.717, 1.165) is 23.7 Å². The molecule has 5 rings (SSSR count). The van der Waals surface area contributed by atoms with E-state index in [1.165, 1.54) is 51.4 Å². The Kier molecular flexibility index (Phi) is 4.08. The molecule has 1 spiro atoms. The van der Waals surface area contributed by atoms with Gasteiger partial charge < -0.3 is 9.47 Å². The molecule has 5 saturated carbocycles. The molecular formula is C24H38O3. The molecule has 0 aromatic heterocycles. The second kappa shape index (κ2) is 5.97. The van der Waals surface area contributed by atoms with Crippen molar-refractivity contribution in [3.05, 3.63) is 0 Å². The lowest BCUT2D eigenvalue weighted by atomic mass is 9.45. The van der Waals surface area contributed by atoms with E-state index < -0.39 is 0 Å². The number of carbonyl (C=O) groups is 1. The van der Waals surface area contributed by atoms with Crippen molar-refractivity contribution < 1.29 is 14.3 Å². The van der Waals surface area contributed by atoms with Gasteiger partial charge in [0.1, 0.15) is 0 Å². The first-order valence-corrected chi connectivity index (χ1v) is 11.6. The van der Waals surface area contributed by atoms with E-state index in [2.05, 4.69) is 13.8 Å². The number of rotatable bonds is 4. The molecule has 0 N–H and O–H groups in total. The number of fused-ring (bicyclic) bond motifs is 4. The van der Waals surface area contributed by atoms with Crippen molar-refractivity contribution >= 4 is 5.97 Å². The molecule has 5 aliphatic rings. The van der Waals surface area contributed by atoms with Gasteiger partial charge in [0.05, 0.1) is 12.7 Å². The number of hydrogen-bond acceptors (Lipinski definition) is 3. The highest BCUT2D eigenvalue weighted by Gasteiger charge is 2.77. The van der Waals surface area contributed by atoms with Crippen molar-refractivity contribution in [3.8, 4) is 0 Å². The highest BCUT2D eigenvalue weighted by Crippen LogP contribution is 2.82. The molecule has 3 nitrogen and oxygen atoms in total. The van der Waals surface area contributed by atoms with Crippen LogP contribution in [0.5, 0.6) is 0 Å². The largest absolute Gasteiger partial charge is 0.466 e. The molecule has 0 aliphatic heterocycles. The van der Waals surface area contributed by atoms with E-state index in [1.807, 2.05) is 14.0 Å². The van der Waals surface area contributed by atoms with Gasteiger partial charge in [-0.2, -0.15) is 0 Å². The van der Waals surface area contributed by atoms with Crippen LogP contribution in [0.15, 0.2) is 0 Å². The van der Waals surface area contributed by atoms with E-state index in [1.54, 1.807) is 0 Å². The van der Waals surface area contributed by atoms with E-state index >= 15 is 0 Å². The minimum absolute atomic E-state index is 0.0208. The average molecular weight is 375 g/mol. The van der Waals surface area contributed by atoms with Crippen LogP contribution in [0.4, 0.5) is 0 Å². The van der Waals surface area contributed by atoms with Gasteiger partial charge in [0.2, 0.25) is 0 Å². The predicted octanol–water partition coefficient (Wildman–Crippen LogP) is 5.22. The Bertz CT molecular complexity index is 631. The molecule has 0 aromatic rings. The second-order valence-corrected chi connectivity index (χ2v) is 11.1. The number of methoxy groups -OCH3 is 1. The molecule has 5 aliphatic carbocycles. The first-order chi connectivity index (χ1) is 12.9. The van der Waals surface area contributed by atoms with Crippen LogP contribution in [0.2, 0.25) is 0 Å². The minimum Gasteiger partial charge on any atom is -0.466 e. The summed E-state index contributed by atoms with van der Waals surface area (Å²) in [5, 5.41) is 0. The third-order valence-electron chi connectivity index (χ3n) is 10.7.